The Morgan fingerprint density at radius 3 is 2.75 bits per heavy atom. The normalized spacial score (nSPS) is 17.8. The molecule has 1 aromatic carbocycles. The lowest BCUT2D eigenvalue weighted by Crippen LogP contribution is -2.46. The maximum absolute atomic E-state index is 12.2. The van der Waals surface area contributed by atoms with Crippen LogP contribution in [0.2, 0.25) is 0 Å². The fraction of sp³-hybridized carbons (Fsp3) is 0.462. The maximum Gasteiger partial charge on any atom is 0.242 e. The molecule has 2 aromatic rings. The Balaban J connectivity index is 0.000000239. The summed E-state index contributed by atoms with van der Waals surface area (Å²) in [5.41, 5.74) is 12.6. The topological polar surface area (TPSA) is 154 Å². The zero-order valence-corrected chi connectivity index (χ0v) is 20.8. The molecule has 0 unspecified atom stereocenters. The second-order valence-corrected chi connectivity index (χ2v) is 8.56. The van der Waals surface area contributed by atoms with Crippen LogP contribution in [0.4, 0.5) is 5.69 Å². The summed E-state index contributed by atoms with van der Waals surface area (Å²) in [5.74, 6) is 1.11. The Hall–Kier alpha value is -4.02. The van der Waals surface area contributed by atoms with Gasteiger partial charge in [0.25, 0.3) is 0 Å². The lowest BCUT2D eigenvalue weighted by Gasteiger charge is -2.27. The quantitative estimate of drug-likeness (QED) is 0.194. The van der Waals surface area contributed by atoms with E-state index in [1.54, 1.807) is 17.2 Å². The molecule has 10 heteroatoms. The van der Waals surface area contributed by atoms with Gasteiger partial charge in [-0.15, -0.1) is 12.8 Å². The van der Waals surface area contributed by atoms with Crippen LogP contribution >= 0.6 is 0 Å². The maximum atomic E-state index is 12.2. The number of hydrogen-bond acceptors (Lipinski definition) is 6. The van der Waals surface area contributed by atoms with Gasteiger partial charge in [-0.05, 0) is 56.9 Å². The van der Waals surface area contributed by atoms with Gasteiger partial charge in [-0.1, -0.05) is 6.42 Å². The van der Waals surface area contributed by atoms with Crippen molar-refractivity contribution in [2.24, 2.45) is 16.5 Å². The van der Waals surface area contributed by atoms with Crippen molar-refractivity contribution in [1.29, 1.82) is 5.26 Å². The van der Waals surface area contributed by atoms with E-state index in [0.717, 1.165) is 61.9 Å². The summed E-state index contributed by atoms with van der Waals surface area (Å²) >= 11 is 0. The van der Waals surface area contributed by atoms with Crippen molar-refractivity contribution < 1.29 is 14.0 Å². The van der Waals surface area contributed by atoms with E-state index >= 15 is 0 Å². The summed E-state index contributed by atoms with van der Waals surface area (Å²) in [4.78, 5) is 31.7. The van der Waals surface area contributed by atoms with Crippen molar-refractivity contribution in [2.45, 2.75) is 51.5 Å². The lowest BCUT2D eigenvalue weighted by molar-refractivity contribution is -0.140. The Bertz CT molecular complexity index is 1120. The summed E-state index contributed by atoms with van der Waals surface area (Å²) in [6.07, 6.45) is 15.4. The highest BCUT2D eigenvalue weighted by molar-refractivity contribution is 5.86. The monoisotopic (exact) mass is 493 g/mol. The zero-order chi connectivity index (χ0) is 26.5. The number of hydrogen-bond donors (Lipinski definition) is 3. The number of terminal acetylenes is 1. The Morgan fingerprint density at radius 1 is 1.25 bits per heavy atom. The van der Waals surface area contributed by atoms with Crippen molar-refractivity contribution >= 4 is 34.4 Å². The average molecular weight is 494 g/mol. The standard InChI is InChI=1S/C13H23N3O2.C11H10N4O.C2H2/c14-9-11-5-4-8-16(11)13(18)10-15-7-3-1-2-6-12(15)17;1-7-4-8-5-9(2-3-10(8)16-7)15-11(13)14-6-12;1-2/h11H,1-10,14H2;2-5H,1H3,(H3,13,14,15);1-2H/t11-;;/m0../s1. The first-order valence-electron chi connectivity index (χ1n) is 12.0. The van der Waals surface area contributed by atoms with Gasteiger partial charge in [0.2, 0.25) is 17.8 Å². The van der Waals surface area contributed by atoms with Gasteiger partial charge in [0.15, 0.2) is 6.19 Å². The van der Waals surface area contributed by atoms with Crippen molar-refractivity contribution in [3.8, 4) is 19.0 Å². The molecule has 0 spiro atoms. The molecule has 2 aliphatic heterocycles. The van der Waals surface area contributed by atoms with Crippen LogP contribution < -0.4 is 16.8 Å². The number of nitrogens with two attached hydrogens (primary N) is 2. The summed E-state index contributed by atoms with van der Waals surface area (Å²) < 4.78 is 5.43. The molecule has 0 radical (unpaired) electrons. The van der Waals surface area contributed by atoms with E-state index in [4.69, 9.17) is 21.1 Å². The minimum absolute atomic E-state index is 0.0678. The molecule has 2 fully saturated rings. The first-order valence-corrected chi connectivity index (χ1v) is 12.0. The highest BCUT2D eigenvalue weighted by Gasteiger charge is 2.29. The van der Waals surface area contributed by atoms with Gasteiger partial charge in [-0.3, -0.25) is 14.9 Å². The van der Waals surface area contributed by atoms with Gasteiger partial charge in [0, 0.05) is 37.5 Å². The van der Waals surface area contributed by atoms with Gasteiger partial charge >= 0.3 is 0 Å². The molecule has 2 aliphatic rings. The number of fused-ring (bicyclic) bond motifs is 1. The number of benzene rings is 1. The number of rotatable bonds is 4. The molecule has 3 heterocycles. The highest BCUT2D eigenvalue weighted by Crippen LogP contribution is 2.24. The highest BCUT2D eigenvalue weighted by atomic mass is 16.3. The SMILES string of the molecule is C#C.Cc1cc2cc(N=C(N)NC#N)ccc2o1.NC[C@@H]1CCCN1C(=O)CN1CCCCCC1=O. The van der Waals surface area contributed by atoms with Gasteiger partial charge in [0.05, 0.1) is 12.2 Å². The number of nitriles is 1. The van der Waals surface area contributed by atoms with Crippen LogP contribution in [-0.4, -0.2) is 59.8 Å². The van der Waals surface area contributed by atoms with Crippen LogP contribution in [0, 0.1) is 31.2 Å². The third-order valence-electron chi connectivity index (χ3n) is 6.02. The predicted molar refractivity (Wildman–Crippen MR) is 140 cm³/mol. The number of amides is 2. The number of aliphatic imine (C=N–C) groups is 1. The first-order chi connectivity index (χ1) is 17.4. The molecular weight excluding hydrogens is 458 g/mol. The van der Waals surface area contributed by atoms with Crippen LogP contribution in [0.25, 0.3) is 11.0 Å². The summed E-state index contributed by atoms with van der Waals surface area (Å²) in [5, 5.41) is 11.6. The molecule has 2 saturated heterocycles. The molecule has 10 nitrogen and oxygen atoms in total. The van der Waals surface area contributed by atoms with Crippen LogP contribution in [0.3, 0.4) is 0 Å². The molecule has 1 atom stereocenters. The molecule has 1 aromatic heterocycles. The minimum atomic E-state index is 0.0678. The molecule has 192 valence electrons. The van der Waals surface area contributed by atoms with Gasteiger partial charge in [0.1, 0.15) is 11.3 Å². The van der Waals surface area contributed by atoms with Crippen molar-refractivity contribution in [3.63, 3.8) is 0 Å². The number of carbonyl (C=O) groups is 2. The van der Waals surface area contributed by atoms with Crippen LogP contribution in [-0.2, 0) is 9.59 Å². The van der Waals surface area contributed by atoms with E-state index in [1.165, 1.54) is 0 Å². The molecule has 5 N–H and O–H groups in total. The van der Waals surface area contributed by atoms with E-state index in [2.05, 4.69) is 23.2 Å². The van der Waals surface area contributed by atoms with Crippen LogP contribution in [0.1, 0.15) is 44.3 Å². The second kappa shape index (κ2) is 14.4. The smallest absolute Gasteiger partial charge is 0.242 e. The summed E-state index contributed by atoms with van der Waals surface area (Å²) in [6, 6.07) is 7.54. The third kappa shape index (κ3) is 8.03. The molecule has 2 amide bonds. The van der Waals surface area contributed by atoms with Crippen molar-refractivity contribution in [2.75, 3.05) is 26.2 Å². The molecule has 36 heavy (non-hydrogen) atoms. The van der Waals surface area contributed by atoms with Gasteiger partial charge < -0.3 is 25.7 Å². The molecule has 0 saturated carbocycles. The van der Waals surface area contributed by atoms with Crippen LogP contribution in [0.15, 0.2) is 33.7 Å². The number of aryl methyl sites for hydroxylation is 1. The van der Waals surface area contributed by atoms with E-state index in [9.17, 15) is 9.59 Å². The number of nitrogens with one attached hydrogen (secondary N) is 1. The number of carbonyl (C=O) groups excluding carboxylic acids is 2. The average Bonchev–Trinajstić information content (AvgIpc) is 3.44. The number of nitrogens with zero attached hydrogens (tertiary/aromatic N) is 4. The predicted octanol–water partition coefficient (Wildman–Crippen LogP) is 2.35. The second-order valence-electron chi connectivity index (χ2n) is 8.56. The summed E-state index contributed by atoms with van der Waals surface area (Å²) in [7, 11) is 0. The third-order valence-corrected chi connectivity index (χ3v) is 6.02. The molecular formula is C26H35N7O3. The largest absolute Gasteiger partial charge is 0.461 e. The molecule has 0 bridgehead atoms. The molecule has 0 aliphatic carbocycles. The van der Waals surface area contributed by atoms with Gasteiger partial charge in [-0.25, -0.2) is 4.99 Å². The Morgan fingerprint density at radius 2 is 2.03 bits per heavy atom. The number of guanidine groups is 1. The van der Waals surface area contributed by atoms with Crippen molar-refractivity contribution in [1.82, 2.24) is 15.1 Å². The van der Waals surface area contributed by atoms with Crippen molar-refractivity contribution in [3.05, 3.63) is 30.0 Å². The summed E-state index contributed by atoms with van der Waals surface area (Å²) in [6.45, 7) is 4.18. The fourth-order valence-corrected chi connectivity index (χ4v) is 4.33. The van der Waals surface area contributed by atoms with E-state index in [0.29, 0.717) is 18.7 Å². The Labute approximate surface area is 212 Å². The van der Waals surface area contributed by atoms with E-state index in [1.807, 2.05) is 30.0 Å². The van der Waals surface area contributed by atoms with E-state index < -0.39 is 0 Å². The lowest BCUT2D eigenvalue weighted by atomic mass is 10.2. The Kier molecular flexibility index (Phi) is 11.3. The number of furan rings is 1. The van der Waals surface area contributed by atoms with Gasteiger partial charge in [-0.2, -0.15) is 5.26 Å². The first kappa shape index (κ1) is 28.2. The zero-order valence-electron chi connectivity index (χ0n) is 20.8. The van der Waals surface area contributed by atoms with Crippen LogP contribution in [0.5, 0.6) is 0 Å². The van der Waals surface area contributed by atoms with E-state index in [-0.39, 0.29) is 30.4 Å². The number of likely N-dealkylation sites (tertiary alicyclic amines) is 2. The molecule has 4 rings (SSSR count). The minimum Gasteiger partial charge on any atom is -0.461 e. The fourth-order valence-electron chi connectivity index (χ4n) is 4.33.